The molecule has 2 nitrogen and oxygen atoms in total. The topological polar surface area (TPSA) is 29.5 Å². The van der Waals surface area contributed by atoms with Gasteiger partial charge in [0.2, 0.25) is 0 Å². The van der Waals surface area contributed by atoms with E-state index in [0.717, 1.165) is 12.0 Å². The van der Waals surface area contributed by atoms with Crippen molar-refractivity contribution in [1.29, 1.82) is 0 Å². The smallest absolute Gasteiger partial charge is 0.406 e. The van der Waals surface area contributed by atoms with Gasteiger partial charge in [-0.3, -0.25) is 0 Å². The molecule has 0 spiro atoms. The van der Waals surface area contributed by atoms with Crippen LogP contribution in [0.4, 0.5) is 13.2 Å². The quantitative estimate of drug-likeness (QED) is 0.879. The van der Waals surface area contributed by atoms with E-state index in [1.165, 1.54) is 12.1 Å². The third kappa shape index (κ3) is 5.91. The zero-order valence-electron chi connectivity index (χ0n) is 10.4. The Morgan fingerprint density at radius 1 is 1.17 bits per heavy atom. The predicted molar refractivity (Wildman–Crippen MR) is 62.3 cm³/mol. The zero-order chi connectivity index (χ0) is 13.8. The van der Waals surface area contributed by atoms with Crippen LogP contribution in [0.15, 0.2) is 24.3 Å². The number of alkyl halides is 3. The Morgan fingerprint density at radius 2 is 1.72 bits per heavy atom. The molecule has 0 saturated carbocycles. The van der Waals surface area contributed by atoms with Crippen LogP contribution in [-0.4, -0.2) is 17.6 Å². The molecule has 0 radical (unpaired) electrons. The van der Waals surface area contributed by atoms with Crippen LogP contribution in [0.1, 0.15) is 25.8 Å². The fourth-order valence-corrected chi connectivity index (χ4v) is 1.90. The molecule has 1 aromatic rings. The number of hydrogen-bond donors (Lipinski definition) is 1. The molecule has 0 heterocycles. The highest BCUT2D eigenvalue weighted by Gasteiger charge is 2.30. The van der Waals surface area contributed by atoms with E-state index in [-0.39, 0.29) is 17.8 Å². The molecule has 0 aliphatic rings. The monoisotopic (exact) mass is 262 g/mol. The average Bonchev–Trinajstić information content (AvgIpc) is 2.17. The molecule has 0 bridgehead atoms. The average molecular weight is 262 g/mol. The molecule has 2 unspecified atom stereocenters. The molecule has 0 aromatic heterocycles. The molecular formula is C13H17F3O2. The van der Waals surface area contributed by atoms with Gasteiger partial charge in [0.25, 0.3) is 0 Å². The fourth-order valence-electron chi connectivity index (χ4n) is 1.90. The Bertz CT molecular complexity index is 357. The van der Waals surface area contributed by atoms with Crippen molar-refractivity contribution in [3.8, 4) is 5.75 Å². The lowest BCUT2D eigenvalue weighted by Crippen LogP contribution is -2.17. The van der Waals surface area contributed by atoms with Crippen molar-refractivity contribution >= 4 is 0 Å². The van der Waals surface area contributed by atoms with Gasteiger partial charge in [0.05, 0.1) is 6.10 Å². The lowest BCUT2D eigenvalue weighted by atomic mass is 9.96. The standard InChI is InChI=1S/C13H17F3O2/c1-9(7-10(2)17)8-11-3-5-12(6-4-11)18-13(14,15)16/h3-6,9-10,17H,7-8H2,1-2H3. The molecular weight excluding hydrogens is 245 g/mol. The van der Waals surface area contributed by atoms with Gasteiger partial charge in [0, 0.05) is 0 Å². The maximum atomic E-state index is 11.9. The van der Waals surface area contributed by atoms with Crippen molar-refractivity contribution in [3.63, 3.8) is 0 Å². The van der Waals surface area contributed by atoms with E-state index in [4.69, 9.17) is 0 Å². The molecule has 1 N–H and O–H groups in total. The summed E-state index contributed by atoms with van der Waals surface area (Å²) in [7, 11) is 0. The second-order valence-corrected chi connectivity index (χ2v) is 4.59. The Morgan fingerprint density at radius 3 is 2.17 bits per heavy atom. The van der Waals surface area contributed by atoms with Crippen LogP contribution >= 0.6 is 0 Å². The van der Waals surface area contributed by atoms with E-state index in [0.29, 0.717) is 6.42 Å². The van der Waals surface area contributed by atoms with Crippen LogP contribution in [0.3, 0.4) is 0 Å². The van der Waals surface area contributed by atoms with Gasteiger partial charge < -0.3 is 9.84 Å². The number of aliphatic hydroxyl groups excluding tert-OH is 1. The fraction of sp³-hybridized carbons (Fsp3) is 0.538. The predicted octanol–water partition coefficient (Wildman–Crippen LogP) is 3.53. The minimum atomic E-state index is -4.65. The summed E-state index contributed by atoms with van der Waals surface area (Å²) in [4.78, 5) is 0. The van der Waals surface area contributed by atoms with Gasteiger partial charge in [0.15, 0.2) is 0 Å². The van der Waals surface area contributed by atoms with E-state index >= 15 is 0 Å². The molecule has 0 fully saturated rings. The van der Waals surface area contributed by atoms with Crippen LogP contribution in [0.2, 0.25) is 0 Å². The van der Waals surface area contributed by atoms with Crippen molar-refractivity contribution in [1.82, 2.24) is 0 Å². The van der Waals surface area contributed by atoms with Gasteiger partial charge in [-0.05, 0) is 43.4 Å². The number of ether oxygens (including phenoxy) is 1. The third-order valence-electron chi connectivity index (χ3n) is 2.48. The highest BCUT2D eigenvalue weighted by molar-refractivity contribution is 5.27. The number of halogens is 3. The van der Waals surface area contributed by atoms with E-state index in [1.54, 1.807) is 19.1 Å². The van der Waals surface area contributed by atoms with Crippen LogP contribution < -0.4 is 4.74 Å². The first kappa shape index (κ1) is 14.8. The van der Waals surface area contributed by atoms with Crippen LogP contribution in [0, 0.1) is 5.92 Å². The first-order valence-electron chi connectivity index (χ1n) is 5.79. The number of aliphatic hydroxyl groups is 1. The molecule has 1 rings (SSSR count). The largest absolute Gasteiger partial charge is 0.573 e. The van der Waals surface area contributed by atoms with Gasteiger partial charge in [-0.2, -0.15) is 0 Å². The van der Waals surface area contributed by atoms with Gasteiger partial charge >= 0.3 is 6.36 Å². The highest BCUT2D eigenvalue weighted by atomic mass is 19.4. The third-order valence-corrected chi connectivity index (χ3v) is 2.48. The van der Waals surface area contributed by atoms with Crippen molar-refractivity contribution in [2.75, 3.05) is 0 Å². The molecule has 0 amide bonds. The lowest BCUT2D eigenvalue weighted by Gasteiger charge is -2.14. The van der Waals surface area contributed by atoms with Gasteiger partial charge in [-0.15, -0.1) is 13.2 Å². The number of rotatable bonds is 5. The molecule has 0 aliphatic heterocycles. The van der Waals surface area contributed by atoms with E-state index in [1.807, 2.05) is 6.92 Å². The molecule has 0 aliphatic carbocycles. The van der Waals surface area contributed by atoms with Crippen molar-refractivity contribution in [2.45, 2.75) is 39.2 Å². The number of hydrogen-bond acceptors (Lipinski definition) is 2. The second-order valence-electron chi connectivity index (χ2n) is 4.59. The van der Waals surface area contributed by atoms with E-state index < -0.39 is 6.36 Å². The summed E-state index contributed by atoms with van der Waals surface area (Å²) in [5.74, 6) is 0.0637. The zero-order valence-corrected chi connectivity index (χ0v) is 10.4. The van der Waals surface area contributed by atoms with Crippen LogP contribution in [0.5, 0.6) is 5.75 Å². The summed E-state index contributed by atoms with van der Waals surface area (Å²) in [6.45, 7) is 3.71. The summed E-state index contributed by atoms with van der Waals surface area (Å²) in [5.41, 5.74) is 0.928. The Kier molecular flexibility index (Phi) is 5.02. The minimum Gasteiger partial charge on any atom is -0.406 e. The Balaban J connectivity index is 2.55. The summed E-state index contributed by atoms with van der Waals surface area (Å²) in [5, 5.41) is 9.23. The van der Waals surface area contributed by atoms with Crippen molar-refractivity contribution in [3.05, 3.63) is 29.8 Å². The van der Waals surface area contributed by atoms with E-state index in [2.05, 4.69) is 4.74 Å². The molecule has 0 saturated heterocycles. The molecule has 2 atom stereocenters. The number of benzene rings is 1. The van der Waals surface area contributed by atoms with Crippen molar-refractivity contribution < 1.29 is 23.0 Å². The minimum absolute atomic E-state index is 0.213. The lowest BCUT2D eigenvalue weighted by molar-refractivity contribution is -0.274. The molecule has 1 aromatic carbocycles. The van der Waals surface area contributed by atoms with Crippen LogP contribution in [-0.2, 0) is 6.42 Å². The first-order valence-corrected chi connectivity index (χ1v) is 5.79. The highest BCUT2D eigenvalue weighted by Crippen LogP contribution is 2.23. The molecule has 102 valence electrons. The summed E-state index contributed by atoms with van der Waals surface area (Å²) >= 11 is 0. The van der Waals surface area contributed by atoms with Gasteiger partial charge in [-0.1, -0.05) is 19.1 Å². The second kappa shape index (κ2) is 6.09. The van der Waals surface area contributed by atoms with Crippen molar-refractivity contribution in [2.24, 2.45) is 5.92 Å². The van der Waals surface area contributed by atoms with Gasteiger partial charge in [0.1, 0.15) is 5.75 Å². The Hall–Kier alpha value is -1.23. The summed E-state index contributed by atoms with van der Waals surface area (Å²) < 4.78 is 39.6. The Labute approximate surface area is 104 Å². The molecule has 5 heteroatoms. The summed E-state index contributed by atoms with van der Waals surface area (Å²) in [6, 6.07) is 5.83. The van der Waals surface area contributed by atoms with Gasteiger partial charge in [-0.25, -0.2) is 0 Å². The van der Waals surface area contributed by atoms with Crippen LogP contribution in [0.25, 0.3) is 0 Å². The van der Waals surface area contributed by atoms with E-state index in [9.17, 15) is 18.3 Å². The first-order chi connectivity index (χ1) is 8.26. The molecule has 18 heavy (non-hydrogen) atoms. The summed E-state index contributed by atoms with van der Waals surface area (Å²) in [6.07, 6.45) is -3.63. The maximum Gasteiger partial charge on any atom is 0.573 e. The SMILES string of the molecule is CC(O)CC(C)Cc1ccc(OC(F)(F)F)cc1. The maximum absolute atomic E-state index is 11.9. The normalized spacial score (nSPS) is 15.2.